The molecular formula is C13H15F4NS. The summed E-state index contributed by atoms with van der Waals surface area (Å²) in [6.07, 6.45) is -4.26. The smallest absolute Gasteiger partial charge is 0.314 e. The second kappa shape index (κ2) is 4.98. The van der Waals surface area contributed by atoms with E-state index in [-0.39, 0.29) is 5.56 Å². The van der Waals surface area contributed by atoms with Gasteiger partial charge in [0, 0.05) is 16.2 Å². The lowest BCUT2D eigenvalue weighted by Crippen LogP contribution is -2.52. The molecule has 1 aliphatic heterocycles. The van der Waals surface area contributed by atoms with E-state index in [1.165, 1.54) is 26.1 Å². The molecular weight excluding hydrogens is 278 g/mol. The molecule has 1 N–H and O–H groups in total. The van der Waals surface area contributed by atoms with Crippen LogP contribution in [0.15, 0.2) is 23.1 Å². The highest BCUT2D eigenvalue weighted by molar-refractivity contribution is 7.99. The van der Waals surface area contributed by atoms with Gasteiger partial charge < -0.3 is 5.32 Å². The number of likely N-dealkylation sites (N-methyl/N-ethyl adjacent to an activating group) is 1. The Morgan fingerprint density at radius 3 is 2.53 bits per heavy atom. The lowest BCUT2D eigenvalue weighted by Gasteiger charge is -2.34. The normalized spacial score (nSPS) is 19.9. The van der Waals surface area contributed by atoms with Gasteiger partial charge in [-0.3, -0.25) is 0 Å². The molecule has 0 fully saturated rings. The molecule has 0 aliphatic carbocycles. The Balaban J connectivity index is 2.50. The van der Waals surface area contributed by atoms with Gasteiger partial charge in [0.25, 0.3) is 0 Å². The predicted octanol–water partition coefficient (Wildman–Crippen LogP) is 3.67. The first kappa shape index (κ1) is 14.7. The van der Waals surface area contributed by atoms with Crippen molar-refractivity contribution in [2.75, 3.05) is 12.8 Å². The van der Waals surface area contributed by atoms with Gasteiger partial charge in [0.1, 0.15) is 0 Å². The first-order valence-corrected chi connectivity index (χ1v) is 6.98. The molecule has 2 rings (SSSR count). The summed E-state index contributed by atoms with van der Waals surface area (Å²) in [5.74, 6) is 0.839. The Morgan fingerprint density at radius 2 is 1.95 bits per heavy atom. The van der Waals surface area contributed by atoms with Crippen LogP contribution in [0.4, 0.5) is 17.6 Å². The molecule has 1 aliphatic rings. The van der Waals surface area contributed by atoms with E-state index in [0.29, 0.717) is 6.42 Å². The number of thioether (sulfide) groups is 1. The third kappa shape index (κ3) is 2.36. The zero-order valence-corrected chi connectivity index (χ0v) is 11.5. The molecule has 2 unspecified atom stereocenters. The van der Waals surface area contributed by atoms with Crippen LogP contribution in [0.3, 0.4) is 0 Å². The van der Waals surface area contributed by atoms with Crippen LogP contribution >= 0.6 is 11.8 Å². The number of alkyl halides is 4. The van der Waals surface area contributed by atoms with Crippen LogP contribution < -0.4 is 5.32 Å². The molecule has 1 aromatic carbocycles. The number of hydrogen-bond acceptors (Lipinski definition) is 2. The highest BCUT2D eigenvalue weighted by atomic mass is 32.2. The van der Waals surface area contributed by atoms with Crippen LogP contribution in [-0.2, 0) is 12.1 Å². The molecule has 19 heavy (non-hydrogen) atoms. The average molecular weight is 293 g/mol. The van der Waals surface area contributed by atoms with Crippen molar-refractivity contribution in [2.24, 2.45) is 0 Å². The number of rotatable bonds is 3. The first-order valence-electron chi connectivity index (χ1n) is 6.00. The number of benzene rings is 1. The second-order valence-electron chi connectivity index (χ2n) is 4.64. The zero-order valence-electron chi connectivity index (χ0n) is 10.6. The maximum absolute atomic E-state index is 14.7. The van der Waals surface area contributed by atoms with Crippen molar-refractivity contribution < 1.29 is 17.6 Å². The van der Waals surface area contributed by atoms with Gasteiger partial charge in [0.15, 0.2) is 0 Å². The van der Waals surface area contributed by atoms with Gasteiger partial charge in [0.05, 0.1) is 6.04 Å². The van der Waals surface area contributed by atoms with E-state index < -0.39 is 17.9 Å². The molecule has 0 radical (unpaired) electrons. The molecule has 1 aromatic rings. The summed E-state index contributed by atoms with van der Waals surface area (Å²) in [5.41, 5.74) is -2.88. The van der Waals surface area contributed by atoms with E-state index in [4.69, 9.17) is 0 Å². The number of aryl methyl sites for hydroxylation is 1. The monoisotopic (exact) mass is 293 g/mol. The largest absolute Gasteiger partial charge is 0.428 e. The molecule has 106 valence electrons. The summed E-state index contributed by atoms with van der Waals surface area (Å²) in [6.45, 7) is 1.20. The van der Waals surface area contributed by atoms with Gasteiger partial charge >= 0.3 is 6.18 Å². The van der Waals surface area contributed by atoms with Gasteiger partial charge in [-0.2, -0.15) is 13.2 Å². The first-order chi connectivity index (χ1) is 8.80. The lowest BCUT2D eigenvalue weighted by molar-refractivity contribution is -0.244. The summed E-state index contributed by atoms with van der Waals surface area (Å²) in [4.78, 5) is 0.949. The highest BCUT2D eigenvalue weighted by Gasteiger charge is 2.60. The Morgan fingerprint density at radius 1 is 1.26 bits per heavy atom. The topological polar surface area (TPSA) is 12.0 Å². The number of hydrogen-bond donors (Lipinski definition) is 1. The number of nitrogens with one attached hydrogen (secondary N) is 1. The van der Waals surface area contributed by atoms with Gasteiger partial charge in [-0.15, -0.1) is 11.8 Å². The van der Waals surface area contributed by atoms with Crippen LogP contribution in [0.1, 0.15) is 18.1 Å². The van der Waals surface area contributed by atoms with Crippen molar-refractivity contribution in [2.45, 2.75) is 36.1 Å². The predicted molar refractivity (Wildman–Crippen MR) is 68.2 cm³/mol. The van der Waals surface area contributed by atoms with E-state index in [9.17, 15) is 17.6 Å². The molecule has 1 heterocycles. The van der Waals surface area contributed by atoms with Crippen molar-refractivity contribution in [1.29, 1.82) is 0 Å². The zero-order chi connectivity index (χ0) is 14.3. The second-order valence-corrected chi connectivity index (χ2v) is 5.78. The number of fused-ring (bicyclic) bond motifs is 1. The van der Waals surface area contributed by atoms with Gasteiger partial charge in [0.2, 0.25) is 5.67 Å². The van der Waals surface area contributed by atoms with Crippen LogP contribution in [0.2, 0.25) is 0 Å². The summed E-state index contributed by atoms with van der Waals surface area (Å²) >= 11 is 1.59. The summed E-state index contributed by atoms with van der Waals surface area (Å²) in [6, 6.07) is 2.85. The Kier molecular flexibility index (Phi) is 3.84. The fraction of sp³-hybridized carbons (Fsp3) is 0.538. The minimum atomic E-state index is -4.95. The minimum absolute atomic E-state index is 0.317. The van der Waals surface area contributed by atoms with Crippen LogP contribution in [0.5, 0.6) is 0 Å². The molecule has 0 spiro atoms. The lowest BCUT2D eigenvalue weighted by atomic mass is 9.87. The number of halogens is 4. The van der Waals surface area contributed by atoms with E-state index in [0.717, 1.165) is 16.2 Å². The molecule has 0 saturated heterocycles. The van der Waals surface area contributed by atoms with Crippen molar-refractivity contribution in [3.05, 3.63) is 29.3 Å². The molecule has 0 bridgehead atoms. The maximum atomic E-state index is 14.7. The molecule has 0 amide bonds. The maximum Gasteiger partial charge on any atom is 0.428 e. The van der Waals surface area contributed by atoms with Crippen LogP contribution in [0, 0.1) is 0 Å². The molecule has 2 atom stereocenters. The van der Waals surface area contributed by atoms with Crippen LogP contribution in [0.25, 0.3) is 0 Å². The van der Waals surface area contributed by atoms with E-state index in [2.05, 4.69) is 5.32 Å². The third-order valence-electron chi connectivity index (χ3n) is 3.55. The third-order valence-corrected chi connectivity index (χ3v) is 4.67. The van der Waals surface area contributed by atoms with Crippen molar-refractivity contribution in [3.63, 3.8) is 0 Å². The van der Waals surface area contributed by atoms with Crippen LogP contribution in [-0.4, -0.2) is 25.0 Å². The average Bonchev–Trinajstić information content (AvgIpc) is 2.82. The van der Waals surface area contributed by atoms with E-state index >= 15 is 0 Å². The fourth-order valence-corrected chi connectivity index (χ4v) is 3.32. The standard InChI is InChI=1S/C13H15F4NS/c1-8(18-2)12(14,13(15,16)17)10-3-4-11-9(7-10)5-6-19-11/h3-4,7-8,18H,5-6H2,1-2H3. The minimum Gasteiger partial charge on any atom is -0.314 e. The van der Waals surface area contributed by atoms with Crippen molar-refractivity contribution in [1.82, 2.24) is 5.32 Å². The van der Waals surface area contributed by atoms with Gasteiger partial charge in [-0.25, -0.2) is 4.39 Å². The van der Waals surface area contributed by atoms with Crippen molar-refractivity contribution in [3.8, 4) is 0 Å². The molecule has 1 nitrogen and oxygen atoms in total. The molecule has 0 saturated carbocycles. The van der Waals surface area contributed by atoms with E-state index in [1.807, 2.05) is 0 Å². The summed E-state index contributed by atoms with van der Waals surface area (Å²) < 4.78 is 54.2. The molecule has 0 aromatic heterocycles. The van der Waals surface area contributed by atoms with Gasteiger partial charge in [-0.05, 0) is 32.0 Å². The Bertz CT molecular complexity index is 474. The van der Waals surface area contributed by atoms with Crippen molar-refractivity contribution >= 4 is 11.8 Å². The van der Waals surface area contributed by atoms with Gasteiger partial charge in [-0.1, -0.05) is 12.1 Å². The van der Waals surface area contributed by atoms with E-state index in [1.54, 1.807) is 17.8 Å². The fourth-order valence-electron chi connectivity index (χ4n) is 2.27. The quantitative estimate of drug-likeness (QED) is 0.853. The SMILES string of the molecule is CNC(C)C(F)(c1ccc2c(c1)CCS2)C(F)(F)F. The summed E-state index contributed by atoms with van der Waals surface area (Å²) in [7, 11) is 1.33. The Labute approximate surface area is 113 Å². The summed E-state index contributed by atoms with van der Waals surface area (Å²) in [5, 5.41) is 2.38. The highest BCUT2D eigenvalue weighted by Crippen LogP contribution is 2.46. The molecule has 6 heteroatoms. The Hall–Kier alpha value is -0.750.